The van der Waals surface area contributed by atoms with Crippen LogP contribution in [0.4, 0.5) is 0 Å². The van der Waals surface area contributed by atoms with Crippen molar-refractivity contribution in [1.82, 2.24) is 19.8 Å². The van der Waals surface area contributed by atoms with Crippen molar-refractivity contribution in [2.75, 3.05) is 27.2 Å². The molecule has 3 rings (SSSR count). The quantitative estimate of drug-likeness (QED) is 0.759. The Labute approximate surface area is 179 Å². The minimum atomic E-state index is -0.949. The fraction of sp³-hybridized carbons (Fsp3) is 0.565. The molecule has 0 fully saturated rings. The monoisotopic (exact) mass is 414 g/mol. The number of aromatic nitrogens is 2. The number of imidazole rings is 1. The van der Waals surface area contributed by atoms with Gasteiger partial charge in [0.15, 0.2) is 5.60 Å². The molecule has 1 amide bonds. The van der Waals surface area contributed by atoms with Crippen LogP contribution in [0.3, 0.4) is 0 Å². The highest BCUT2D eigenvalue weighted by Gasteiger charge is 2.43. The van der Waals surface area contributed by atoms with Gasteiger partial charge in [0.05, 0.1) is 18.4 Å². The number of amides is 1. The second-order valence-electron chi connectivity index (χ2n) is 8.89. The molecule has 0 unspecified atom stereocenters. The fourth-order valence-corrected chi connectivity index (χ4v) is 4.06. The number of hydrogen-bond donors (Lipinski definition) is 2. The average Bonchev–Trinajstić information content (AvgIpc) is 3.11. The molecule has 0 bridgehead atoms. The summed E-state index contributed by atoms with van der Waals surface area (Å²) in [6.45, 7) is 11.4. The van der Waals surface area contributed by atoms with E-state index in [4.69, 9.17) is 4.74 Å². The van der Waals surface area contributed by atoms with Gasteiger partial charge in [-0.3, -0.25) is 4.79 Å². The standard InChI is InChI=1S/C23H34N4O3/c1-14-15(2)21-19(16(3)20(14)28)8-9-23(5,30-21)22(29)27(11-10-26(6)7)13-18-12-24-17(4)25-18/h12,28H,8-11,13H2,1-7H3,(H,24,25)/t23-/m0/s1. The van der Waals surface area contributed by atoms with Gasteiger partial charge in [-0.15, -0.1) is 0 Å². The molecule has 30 heavy (non-hydrogen) atoms. The van der Waals surface area contributed by atoms with Crippen LogP contribution in [0.5, 0.6) is 11.5 Å². The summed E-state index contributed by atoms with van der Waals surface area (Å²) in [5.74, 6) is 1.88. The molecule has 2 heterocycles. The number of rotatable bonds is 6. The Balaban J connectivity index is 1.90. The topological polar surface area (TPSA) is 81.7 Å². The lowest BCUT2D eigenvalue weighted by Gasteiger charge is -2.39. The number of phenols is 1. The third kappa shape index (κ3) is 4.17. The molecule has 7 nitrogen and oxygen atoms in total. The number of H-pyrrole nitrogens is 1. The van der Waals surface area contributed by atoms with Gasteiger partial charge in [-0.1, -0.05) is 0 Å². The molecule has 1 aliphatic rings. The lowest BCUT2D eigenvalue weighted by atomic mass is 9.86. The van der Waals surface area contributed by atoms with Crippen molar-refractivity contribution < 1.29 is 14.6 Å². The van der Waals surface area contributed by atoms with Gasteiger partial charge in [0, 0.05) is 25.1 Å². The van der Waals surface area contributed by atoms with Gasteiger partial charge in [-0.25, -0.2) is 4.98 Å². The second-order valence-corrected chi connectivity index (χ2v) is 8.89. The van der Waals surface area contributed by atoms with Crippen molar-refractivity contribution >= 4 is 5.91 Å². The lowest BCUT2D eigenvalue weighted by Crippen LogP contribution is -2.53. The summed E-state index contributed by atoms with van der Waals surface area (Å²) in [4.78, 5) is 25.1. The SMILES string of the molecule is Cc1ncc(CN(CCN(C)C)C(=O)[C@]2(C)CCc3c(C)c(O)c(C)c(C)c3O2)[nH]1. The van der Waals surface area contributed by atoms with E-state index >= 15 is 0 Å². The fourth-order valence-electron chi connectivity index (χ4n) is 4.06. The van der Waals surface area contributed by atoms with Crippen molar-refractivity contribution in [2.24, 2.45) is 0 Å². The van der Waals surface area contributed by atoms with Crippen LogP contribution >= 0.6 is 0 Å². The molecular formula is C23H34N4O3. The van der Waals surface area contributed by atoms with Crippen LogP contribution in [0, 0.1) is 27.7 Å². The zero-order valence-electron chi connectivity index (χ0n) is 19.2. The van der Waals surface area contributed by atoms with Crippen LogP contribution in [0.1, 0.15) is 47.1 Å². The second kappa shape index (κ2) is 8.30. The normalized spacial score (nSPS) is 18.3. The summed E-state index contributed by atoms with van der Waals surface area (Å²) >= 11 is 0. The van der Waals surface area contributed by atoms with Crippen LogP contribution in [-0.4, -0.2) is 63.6 Å². The van der Waals surface area contributed by atoms with Crippen LogP contribution in [-0.2, 0) is 17.8 Å². The number of aromatic hydroxyl groups is 1. The minimum absolute atomic E-state index is 0.0231. The maximum absolute atomic E-state index is 13.7. The van der Waals surface area contributed by atoms with Crippen molar-refractivity contribution in [2.45, 2.75) is 59.6 Å². The predicted molar refractivity (Wildman–Crippen MR) is 117 cm³/mol. The molecule has 1 aromatic heterocycles. The molecule has 1 aliphatic heterocycles. The molecule has 1 atom stereocenters. The number of nitrogens with one attached hydrogen (secondary N) is 1. The van der Waals surface area contributed by atoms with Gasteiger partial charge in [0.1, 0.15) is 17.3 Å². The molecule has 2 N–H and O–H groups in total. The Morgan fingerprint density at radius 3 is 2.50 bits per heavy atom. The Kier molecular flexibility index (Phi) is 6.13. The number of hydrogen-bond acceptors (Lipinski definition) is 5. The first kappa shape index (κ1) is 22.2. The van der Waals surface area contributed by atoms with Crippen LogP contribution in [0.15, 0.2) is 6.20 Å². The Hall–Kier alpha value is -2.54. The van der Waals surface area contributed by atoms with E-state index in [2.05, 4.69) is 14.9 Å². The van der Waals surface area contributed by atoms with Crippen molar-refractivity contribution in [3.05, 3.63) is 40.0 Å². The first-order valence-corrected chi connectivity index (χ1v) is 10.5. The molecular weight excluding hydrogens is 380 g/mol. The minimum Gasteiger partial charge on any atom is -0.507 e. The van der Waals surface area contributed by atoms with Crippen molar-refractivity contribution in [3.63, 3.8) is 0 Å². The van der Waals surface area contributed by atoms with Gasteiger partial charge >= 0.3 is 0 Å². The number of carbonyl (C=O) groups excluding carboxylic acids is 1. The lowest BCUT2D eigenvalue weighted by molar-refractivity contribution is -0.149. The molecule has 0 aliphatic carbocycles. The molecule has 164 valence electrons. The largest absolute Gasteiger partial charge is 0.507 e. The first-order valence-electron chi connectivity index (χ1n) is 10.5. The van der Waals surface area contributed by atoms with E-state index in [1.54, 1.807) is 6.20 Å². The van der Waals surface area contributed by atoms with Crippen LogP contribution in [0.25, 0.3) is 0 Å². The highest BCUT2D eigenvalue weighted by molar-refractivity contribution is 5.86. The summed E-state index contributed by atoms with van der Waals surface area (Å²) in [7, 11) is 4.00. The molecule has 7 heteroatoms. The number of aryl methyl sites for hydroxylation is 1. The summed E-state index contributed by atoms with van der Waals surface area (Å²) in [6, 6.07) is 0. The van der Waals surface area contributed by atoms with E-state index in [-0.39, 0.29) is 5.91 Å². The van der Waals surface area contributed by atoms with E-state index in [0.717, 1.165) is 46.1 Å². The van der Waals surface area contributed by atoms with Crippen LogP contribution < -0.4 is 4.74 Å². The maximum Gasteiger partial charge on any atom is 0.266 e. The van der Waals surface area contributed by atoms with E-state index in [1.807, 2.05) is 53.6 Å². The van der Waals surface area contributed by atoms with Crippen molar-refractivity contribution in [1.29, 1.82) is 0 Å². The summed E-state index contributed by atoms with van der Waals surface area (Å²) < 4.78 is 6.42. The van der Waals surface area contributed by atoms with E-state index < -0.39 is 5.60 Å². The number of likely N-dealkylation sites (N-methyl/N-ethyl adjacent to an activating group) is 1. The number of phenolic OH excluding ortho intramolecular Hbond substituents is 1. The highest BCUT2D eigenvalue weighted by atomic mass is 16.5. The number of benzene rings is 1. The van der Waals surface area contributed by atoms with Gasteiger partial charge in [-0.2, -0.15) is 0 Å². The molecule has 0 saturated heterocycles. The Morgan fingerprint density at radius 1 is 1.20 bits per heavy atom. The number of aromatic amines is 1. The molecule has 1 aromatic carbocycles. The number of carbonyl (C=O) groups is 1. The van der Waals surface area contributed by atoms with Gasteiger partial charge in [-0.05, 0) is 71.8 Å². The summed E-state index contributed by atoms with van der Waals surface area (Å²) in [6.07, 6.45) is 3.05. The Morgan fingerprint density at radius 2 is 1.90 bits per heavy atom. The summed E-state index contributed by atoms with van der Waals surface area (Å²) in [5.41, 5.74) is 3.52. The predicted octanol–water partition coefficient (Wildman–Crippen LogP) is 3.02. The molecule has 2 aromatic rings. The number of fused-ring (bicyclic) bond motifs is 1. The molecule has 0 radical (unpaired) electrons. The summed E-state index contributed by atoms with van der Waals surface area (Å²) in [5, 5.41) is 10.4. The Bertz CT molecular complexity index is 950. The number of nitrogens with zero attached hydrogens (tertiary/aromatic N) is 3. The van der Waals surface area contributed by atoms with Crippen LogP contribution in [0.2, 0.25) is 0 Å². The zero-order valence-corrected chi connectivity index (χ0v) is 19.2. The zero-order chi connectivity index (χ0) is 22.2. The molecule has 0 saturated carbocycles. The van der Waals surface area contributed by atoms with E-state index in [1.165, 1.54) is 0 Å². The highest BCUT2D eigenvalue weighted by Crippen LogP contribution is 2.43. The van der Waals surface area contributed by atoms with Gasteiger partial charge in [0.25, 0.3) is 5.91 Å². The van der Waals surface area contributed by atoms with Gasteiger partial charge < -0.3 is 24.6 Å². The van der Waals surface area contributed by atoms with E-state index in [9.17, 15) is 9.90 Å². The number of ether oxygens (including phenoxy) is 1. The van der Waals surface area contributed by atoms with Crippen molar-refractivity contribution in [3.8, 4) is 11.5 Å². The van der Waals surface area contributed by atoms with E-state index in [0.29, 0.717) is 31.7 Å². The molecule has 0 spiro atoms. The maximum atomic E-state index is 13.7. The van der Waals surface area contributed by atoms with Gasteiger partial charge in [0.2, 0.25) is 0 Å². The smallest absolute Gasteiger partial charge is 0.266 e. The average molecular weight is 415 g/mol. The third-order valence-electron chi connectivity index (χ3n) is 6.19. The first-order chi connectivity index (χ1) is 14.0. The third-order valence-corrected chi connectivity index (χ3v) is 6.19.